The molecule has 0 bridgehead atoms. The number of amides is 1. The van der Waals surface area contributed by atoms with Crippen LogP contribution in [0, 0.1) is 29.1 Å². The van der Waals surface area contributed by atoms with Crippen LogP contribution in [0.5, 0.6) is 0 Å². The Bertz CT molecular complexity index is 419. The topological polar surface area (TPSA) is 52.9 Å². The van der Waals surface area contributed by atoms with Gasteiger partial charge in [0.05, 0.1) is 6.07 Å². The monoisotopic (exact) mass is 288 g/mol. The van der Waals surface area contributed by atoms with Crippen molar-refractivity contribution in [3.63, 3.8) is 0 Å². The lowest BCUT2D eigenvalue weighted by molar-refractivity contribution is -0.129. The number of nitrogens with zero attached hydrogens (tertiary/aromatic N) is 1. The van der Waals surface area contributed by atoms with Gasteiger partial charge in [-0.15, -0.1) is 0 Å². The molecule has 0 aromatic heterocycles. The van der Waals surface area contributed by atoms with Gasteiger partial charge in [0.1, 0.15) is 5.54 Å². The molecule has 3 rings (SSSR count). The van der Waals surface area contributed by atoms with Crippen molar-refractivity contribution in [2.45, 2.75) is 82.6 Å². The molecule has 3 saturated carbocycles. The van der Waals surface area contributed by atoms with E-state index < -0.39 is 5.54 Å². The average Bonchev–Trinajstić information content (AvgIpc) is 2.55. The van der Waals surface area contributed by atoms with Crippen LogP contribution < -0.4 is 5.32 Å². The molecule has 3 aliphatic carbocycles. The highest BCUT2D eigenvalue weighted by atomic mass is 16.2. The summed E-state index contributed by atoms with van der Waals surface area (Å²) in [5, 5.41) is 12.7. The molecule has 3 nitrogen and oxygen atoms in total. The second-order valence-corrected chi connectivity index (χ2v) is 7.56. The molecule has 0 heterocycles. The van der Waals surface area contributed by atoms with Gasteiger partial charge in [0.2, 0.25) is 5.91 Å². The second-order valence-electron chi connectivity index (χ2n) is 7.56. The van der Waals surface area contributed by atoms with Crippen molar-refractivity contribution in [1.82, 2.24) is 5.32 Å². The number of carbonyl (C=O) groups excluding carboxylic acids is 1. The number of nitriles is 1. The van der Waals surface area contributed by atoms with Gasteiger partial charge in [-0.05, 0) is 43.9 Å². The first-order valence-electron chi connectivity index (χ1n) is 8.96. The van der Waals surface area contributed by atoms with Gasteiger partial charge in [0.15, 0.2) is 0 Å². The van der Waals surface area contributed by atoms with E-state index >= 15 is 0 Å². The zero-order chi connectivity index (χ0) is 14.7. The van der Waals surface area contributed by atoms with Crippen molar-refractivity contribution in [3.8, 4) is 6.07 Å². The summed E-state index contributed by atoms with van der Waals surface area (Å²) in [4.78, 5) is 12.6. The Balaban J connectivity index is 1.59. The molecule has 21 heavy (non-hydrogen) atoms. The van der Waals surface area contributed by atoms with Crippen LogP contribution in [0.2, 0.25) is 0 Å². The Morgan fingerprint density at radius 2 is 1.67 bits per heavy atom. The Kier molecular flexibility index (Phi) is 4.52. The van der Waals surface area contributed by atoms with Gasteiger partial charge in [0.25, 0.3) is 0 Å². The summed E-state index contributed by atoms with van der Waals surface area (Å²) in [5.74, 6) is 1.98. The fourth-order valence-electron chi connectivity index (χ4n) is 4.87. The van der Waals surface area contributed by atoms with E-state index in [-0.39, 0.29) is 11.8 Å². The highest BCUT2D eigenvalue weighted by Crippen LogP contribution is 2.43. The van der Waals surface area contributed by atoms with Crippen LogP contribution in [0.25, 0.3) is 0 Å². The number of nitrogens with one attached hydrogen (secondary N) is 1. The van der Waals surface area contributed by atoms with Crippen molar-refractivity contribution >= 4 is 5.91 Å². The molecule has 0 aromatic rings. The zero-order valence-corrected chi connectivity index (χ0v) is 13.1. The maximum absolute atomic E-state index is 12.6. The predicted octanol–water partition coefficient (Wildman–Crippen LogP) is 3.94. The number of fused-ring (bicyclic) bond motifs is 1. The first kappa shape index (κ1) is 14.9. The normalized spacial score (nSPS) is 35.3. The summed E-state index contributed by atoms with van der Waals surface area (Å²) in [7, 11) is 0. The van der Waals surface area contributed by atoms with Crippen molar-refractivity contribution in [1.29, 1.82) is 5.26 Å². The largest absolute Gasteiger partial charge is 0.338 e. The zero-order valence-electron chi connectivity index (χ0n) is 13.1. The van der Waals surface area contributed by atoms with E-state index in [0.29, 0.717) is 0 Å². The first-order valence-corrected chi connectivity index (χ1v) is 8.96. The third-order valence-corrected chi connectivity index (χ3v) is 6.19. The van der Waals surface area contributed by atoms with Crippen molar-refractivity contribution < 1.29 is 4.79 Å². The molecule has 1 amide bonds. The molecule has 3 aliphatic rings. The second kappa shape index (κ2) is 6.38. The van der Waals surface area contributed by atoms with Gasteiger partial charge >= 0.3 is 0 Å². The number of hydrogen-bond donors (Lipinski definition) is 1. The van der Waals surface area contributed by atoms with E-state index in [1.54, 1.807) is 0 Å². The van der Waals surface area contributed by atoms with Gasteiger partial charge in [-0.25, -0.2) is 0 Å². The van der Waals surface area contributed by atoms with Crippen LogP contribution in [0.15, 0.2) is 0 Å². The van der Waals surface area contributed by atoms with Crippen molar-refractivity contribution in [2.24, 2.45) is 17.8 Å². The van der Waals surface area contributed by atoms with Crippen molar-refractivity contribution in [3.05, 3.63) is 0 Å². The maximum atomic E-state index is 12.6. The molecule has 0 radical (unpaired) electrons. The van der Waals surface area contributed by atoms with E-state index in [4.69, 9.17) is 0 Å². The standard InChI is InChI=1S/C18H28N2O/c19-13-18(10-4-1-5-11-18)20-17(21)16-9-8-14-6-2-3-7-15(14)12-16/h14-16H,1-12H2,(H,20,21). The number of carbonyl (C=O) groups is 1. The third kappa shape index (κ3) is 3.25. The number of hydrogen-bond acceptors (Lipinski definition) is 2. The lowest BCUT2D eigenvalue weighted by Crippen LogP contribution is -2.51. The van der Waals surface area contributed by atoms with Crippen LogP contribution >= 0.6 is 0 Å². The summed E-state index contributed by atoms with van der Waals surface area (Å²) in [6.07, 6.45) is 13.8. The third-order valence-electron chi connectivity index (χ3n) is 6.19. The van der Waals surface area contributed by atoms with Crippen LogP contribution in [0.3, 0.4) is 0 Å². The summed E-state index contributed by atoms with van der Waals surface area (Å²) in [5.41, 5.74) is -0.557. The molecule has 3 unspecified atom stereocenters. The van der Waals surface area contributed by atoms with E-state index in [2.05, 4.69) is 11.4 Å². The molecule has 3 atom stereocenters. The van der Waals surface area contributed by atoms with Gasteiger partial charge < -0.3 is 5.32 Å². The Morgan fingerprint density at radius 3 is 2.38 bits per heavy atom. The fourth-order valence-corrected chi connectivity index (χ4v) is 4.87. The van der Waals surface area contributed by atoms with Gasteiger partial charge in [0, 0.05) is 5.92 Å². The molecule has 3 heteroatoms. The lowest BCUT2D eigenvalue weighted by atomic mass is 9.67. The van der Waals surface area contributed by atoms with Crippen LogP contribution in [0.1, 0.15) is 77.0 Å². The molecule has 116 valence electrons. The van der Waals surface area contributed by atoms with Gasteiger partial charge in [-0.1, -0.05) is 44.9 Å². The highest BCUT2D eigenvalue weighted by molar-refractivity contribution is 5.80. The maximum Gasteiger partial charge on any atom is 0.224 e. The van der Waals surface area contributed by atoms with E-state index in [9.17, 15) is 10.1 Å². The van der Waals surface area contributed by atoms with Crippen LogP contribution in [-0.2, 0) is 4.79 Å². The summed E-state index contributed by atoms with van der Waals surface area (Å²) >= 11 is 0. The van der Waals surface area contributed by atoms with Gasteiger partial charge in [-0.2, -0.15) is 5.26 Å². The lowest BCUT2D eigenvalue weighted by Gasteiger charge is -2.40. The van der Waals surface area contributed by atoms with E-state index in [1.807, 2.05) is 0 Å². The minimum atomic E-state index is -0.557. The first-order chi connectivity index (χ1) is 10.2. The van der Waals surface area contributed by atoms with Gasteiger partial charge in [-0.3, -0.25) is 4.79 Å². The van der Waals surface area contributed by atoms with E-state index in [1.165, 1.54) is 38.5 Å². The predicted molar refractivity (Wildman–Crippen MR) is 82.4 cm³/mol. The summed E-state index contributed by atoms with van der Waals surface area (Å²) < 4.78 is 0. The molecular formula is C18H28N2O. The molecule has 0 aliphatic heterocycles. The SMILES string of the molecule is N#CC1(NC(=O)C2CCC3CCCCC3C2)CCCCC1. The fraction of sp³-hybridized carbons (Fsp3) is 0.889. The molecule has 0 saturated heterocycles. The number of rotatable bonds is 2. The Labute approximate surface area is 128 Å². The average molecular weight is 288 g/mol. The van der Waals surface area contributed by atoms with Crippen molar-refractivity contribution in [2.75, 3.05) is 0 Å². The molecule has 1 N–H and O–H groups in total. The quantitative estimate of drug-likeness (QED) is 0.837. The molecule has 0 spiro atoms. The van der Waals surface area contributed by atoms with E-state index in [0.717, 1.165) is 50.4 Å². The smallest absolute Gasteiger partial charge is 0.224 e. The Morgan fingerprint density at radius 1 is 0.952 bits per heavy atom. The minimum Gasteiger partial charge on any atom is -0.338 e. The molecular weight excluding hydrogens is 260 g/mol. The summed E-state index contributed by atoms with van der Waals surface area (Å²) in [6.45, 7) is 0. The highest BCUT2D eigenvalue weighted by Gasteiger charge is 2.39. The Hall–Kier alpha value is -1.04. The minimum absolute atomic E-state index is 0.163. The van der Waals surface area contributed by atoms with Crippen LogP contribution in [0.4, 0.5) is 0 Å². The molecule has 0 aromatic carbocycles. The summed E-state index contributed by atoms with van der Waals surface area (Å²) in [6, 6.07) is 2.41. The van der Waals surface area contributed by atoms with Crippen LogP contribution in [-0.4, -0.2) is 11.4 Å². The molecule has 3 fully saturated rings.